The summed E-state index contributed by atoms with van der Waals surface area (Å²) < 4.78 is 38.9. The van der Waals surface area contributed by atoms with Gasteiger partial charge in [-0.15, -0.1) is 0 Å². The molecular formula is C20H29N2O4S+. The van der Waals surface area contributed by atoms with Crippen molar-refractivity contribution in [2.24, 2.45) is 0 Å². The second-order valence-corrected chi connectivity index (χ2v) is 8.27. The number of sulfonamides is 1. The van der Waals surface area contributed by atoms with Crippen LogP contribution in [0.3, 0.4) is 0 Å². The maximum atomic E-state index is 12.6. The molecule has 2 aromatic carbocycles. The van der Waals surface area contributed by atoms with Gasteiger partial charge in [-0.1, -0.05) is 24.3 Å². The Hall–Kier alpha value is -2.09. The summed E-state index contributed by atoms with van der Waals surface area (Å²) in [6.07, 6.45) is 0. The lowest BCUT2D eigenvalue weighted by atomic mass is 10.1. The smallest absolute Gasteiger partial charge is 0.241 e. The normalized spacial score (nSPS) is 11.6. The van der Waals surface area contributed by atoms with Gasteiger partial charge in [0.05, 0.1) is 32.2 Å². The Kier molecular flexibility index (Phi) is 7.65. The van der Waals surface area contributed by atoms with Gasteiger partial charge in [-0.25, -0.2) is 13.1 Å². The van der Waals surface area contributed by atoms with Crippen LogP contribution < -0.4 is 19.1 Å². The van der Waals surface area contributed by atoms with E-state index in [2.05, 4.69) is 18.8 Å². The van der Waals surface area contributed by atoms with Crippen molar-refractivity contribution in [1.82, 2.24) is 4.72 Å². The van der Waals surface area contributed by atoms with Crippen molar-refractivity contribution in [3.05, 3.63) is 53.6 Å². The minimum Gasteiger partial charge on any atom is -0.490 e. The summed E-state index contributed by atoms with van der Waals surface area (Å²) in [5.41, 5.74) is 2.13. The van der Waals surface area contributed by atoms with Crippen LogP contribution in [-0.2, 0) is 23.1 Å². The topological polar surface area (TPSA) is 69.1 Å². The molecule has 0 aliphatic carbocycles. The molecule has 0 amide bonds. The van der Waals surface area contributed by atoms with E-state index in [0.717, 1.165) is 12.1 Å². The maximum absolute atomic E-state index is 12.6. The summed E-state index contributed by atoms with van der Waals surface area (Å²) in [4.78, 5) is 1.49. The van der Waals surface area contributed by atoms with Gasteiger partial charge in [0, 0.05) is 18.2 Å². The molecule has 6 nitrogen and oxygen atoms in total. The monoisotopic (exact) mass is 393 g/mol. The maximum Gasteiger partial charge on any atom is 0.241 e. The molecule has 0 saturated heterocycles. The van der Waals surface area contributed by atoms with Crippen molar-refractivity contribution in [2.45, 2.75) is 31.8 Å². The zero-order valence-electron chi connectivity index (χ0n) is 16.4. The fourth-order valence-corrected chi connectivity index (χ4v) is 3.68. The van der Waals surface area contributed by atoms with Crippen molar-refractivity contribution >= 4 is 10.0 Å². The highest BCUT2D eigenvalue weighted by molar-refractivity contribution is 7.89. The van der Waals surface area contributed by atoms with Gasteiger partial charge in [0.2, 0.25) is 10.0 Å². The molecule has 0 unspecified atom stereocenters. The quantitative estimate of drug-likeness (QED) is 0.644. The highest BCUT2D eigenvalue weighted by Crippen LogP contribution is 2.30. The Bertz CT molecular complexity index is 834. The predicted molar refractivity (Wildman–Crippen MR) is 106 cm³/mol. The Morgan fingerprint density at radius 2 is 1.48 bits per heavy atom. The zero-order valence-corrected chi connectivity index (χ0v) is 17.2. The first kappa shape index (κ1) is 21.2. The standard InChI is InChI=1S/C20H28N2O4S/c1-5-25-19-12-11-18(13-20(19)26-6-2)27(23,24)21-14-16-7-9-17(10-8-16)15-22(3)4/h7-13,21H,5-6,14-15H2,1-4H3/p+1. The van der Waals surface area contributed by atoms with Gasteiger partial charge in [-0.3, -0.25) is 0 Å². The van der Waals surface area contributed by atoms with E-state index in [-0.39, 0.29) is 11.4 Å². The van der Waals surface area contributed by atoms with E-state index in [1.54, 1.807) is 6.07 Å². The molecular weight excluding hydrogens is 364 g/mol. The van der Waals surface area contributed by atoms with E-state index >= 15 is 0 Å². The molecule has 2 N–H and O–H groups in total. The van der Waals surface area contributed by atoms with E-state index in [1.165, 1.54) is 22.6 Å². The Balaban J connectivity index is 2.10. The molecule has 0 fully saturated rings. The summed E-state index contributed by atoms with van der Waals surface area (Å²) in [6, 6.07) is 12.6. The lowest BCUT2D eigenvalue weighted by Crippen LogP contribution is -3.04. The van der Waals surface area contributed by atoms with Gasteiger partial charge in [-0.05, 0) is 31.5 Å². The molecule has 0 radical (unpaired) electrons. The lowest BCUT2D eigenvalue weighted by Gasteiger charge is -2.13. The van der Waals surface area contributed by atoms with Crippen LogP contribution in [0.25, 0.3) is 0 Å². The van der Waals surface area contributed by atoms with Crippen LogP contribution in [0, 0.1) is 0 Å². The molecule has 2 aromatic rings. The van der Waals surface area contributed by atoms with Crippen LogP contribution in [0.5, 0.6) is 11.5 Å². The molecule has 0 aliphatic heterocycles. The van der Waals surface area contributed by atoms with Crippen LogP contribution in [0.15, 0.2) is 47.4 Å². The Morgan fingerprint density at radius 3 is 2.07 bits per heavy atom. The van der Waals surface area contributed by atoms with Gasteiger partial charge < -0.3 is 14.4 Å². The molecule has 0 heterocycles. The van der Waals surface area contributed by atoms with Gasteiger partial charge in [0.15, 0.2) is 11.5 Å². The number of hydrogen-bond acceptors (Lipinski definition) is 4. The summed E-state index contributed by atoms with van der Waals surface area (Å²) in [6.45, 7) is 5.78. The van der Waals surface area contributed by atoms with E-state index in [4.69, 9.17) is 9.47 Å². The van der Waals surface area contributed by atoms with E-state index < -0.39 is 10.0 Å². The predicted octanol–water partition coefficient (Wildman–Crippen LogP) is 1.61. The summed E-state index contributed by atoms with van der Waals surface area (Å²) in [5, 5.41) is 0. The average Bonchev–Trinajstić information content (AvgIpc) is 2.62. The number of quaternary nitrogens is 1. The number of benzene rings is 2. The van der Waals surface area contributed by atoms with Crippen molar-refractivity contribution < 1.29 is 22.8 Å². The van der Waals surface area contributed by atoms with Crippen LogP contribution in [-0.4, -0.2) is 35.7 Å². The molecule has 0 bridgehead atoms. The summed E-state index contributed by atoms with van der Waals surface area (Å²) in [7, 11) is 0.535. The van der Waals surface area contributed by atoms with Crippen molar-refractivity contribution in [2.75, 3.05) is 27.3 Å². The third-order valence-electron chi connectivity index (χ3n) is 3.87. The first-order chi connectivity index (χ1) is 12.9. The van der Waals surface area contributed by atoms with Crippen molar-refractivity contribution in [1.29, 1.82) is 0 Å². The van der Waals surface area contributed by atoms with Crippen LogP contribution in [0.1, 0.15) is 25.0 Å². The minimum atomic E-state index is -3.65. The van der Waals surface area contributed by atoms with Gasteiger partial charge in [0.25, 0.3) is 0 Å². The molecule has 0 aromatic heterocycles. The van der Waals surface area contributed by atoms with E-state index in [0.29, 0.717) is 24.7 Å². The minimum absolute atomic E-state index is 0.155. The number of ether oxygens (including phenoxy) is 2. The SMILES string of the molecule is CCOc1ccc(S(=O)(=O)NCc2ccc(C[NH+](C)C)cc2)cc1OCC. The molecule has 0 atom stereocenters. The van der Waals surface area contributed by atoms with Crippen LogP contribution >= 0.6 is 0 Å². The zero-order chi connectivity index (χ0) is 19.9. The molecule has 7 heteroatoms. The highest BCUT2D eigenvalue weighted by Gasteiger charge is 2.17. The molecule has 2 rings (SSSR count). The lowest BCUT2D eigenvalue weighted by molar-refractivity contribution is -0.872. The second-order valence-electron chi connectivity index (χ2n) is 6.50. The van der Waals surface area contributed by atoms with E-state index in [9.17, 15) is 8.42 Å². The first-order valence-corrected chi connectivity index (χ1v) is 10.6. The number of hydrogen-bond donors (Lipinski definition) is 2. The number of nitrogens with one attached hydrogen (secondary N) is 2. The Morgan fingerprint density at radius 1 is 0.889 bits per heavy atom. The average molecular weight is 394 g/mol. The summed E-state index contributed by atoms with van der Waals surface area (Å²) in [5.74, 6) is 0.967. The fraction of sp³-hybridized carbons (Fsp3) is 0.400. The van der Waals surface area contributed by atoms with Crippen LogP contribution in [0.4, 0.5) is 0 Å². The van der Waals surface area contributed by atoms with E-state index in [1.807, 2.05) is 38.1 Å². The molecule has 0 aliphatic rings. The van der Waals surface area contributed by atoms with Gasteiger partial charge in [-0.2, -0.15) is 0 Å². The van der Waals surface area contributed by atoms with Crippen molar-refractivity contribution in [3.63, 3.8) is 0 Å². The second kappa shape index (κ2) is 9.73. The third kappa shape index (κ3) is 6.23. The van der Waals surface area contributed by atoms with Crippen LogP contribution in [0.2, 0.25) is 0 Å². The number of rotatable bonds is 10. The molecule has 0 saturated carbocycles. The van der Waals surface area contributed by atoms with Gasteiger partial charge >= 0.3 is 0 Å². The first-order valence-electron chi connectivity index (χ1n) is 9.12. The molecule has 0 spiro atoms. The summed E-state index contributed by atoms with van der Waals surface area (Å²) >= 11 is 0. The van der Waals surface area contributed by atoms with Crippen molar-refractivity contribution in [3.8, 4) is 11.5 Å². The highest BCUT2D eigenvalue weighted by atomic mass is 32.2. The third-order valence-corrected chi connectivity index (χ3v) is 5.27. The molecule has 27 heavy (non-hydrogen) atoms. The fourth-order valence-electron chi connectivity index (χ4n) is 2.64. The molecule has 148 valence electrons. The Labute approximate surface area is 162 Å². The largest absolute Gasteiger partial charge is 0.490 e. The van der Waals surface area contributed by atoms with Gasteiger partial charge in [0.1, 0.15) is 6.54 Å².